The quantitative estimate of drug-likeness (QED) is 0.849. The lowest BCUT2D eigenvalue weighted by Gasteiger charge is -2.10. The van der Waals surface area contributed by atoms with Gasteiger partial charge in [-0.1, -0.05) is 23.7 Å². The van der Waals surface area contributed by atoms with Crippen molar-refractivity contribution in [3.8, 4) is 16.9 Å². The maximum atomic E-state index is 11.7. The predicted octanol–water partition coefficient (Wildman–Crippen LogP) is 2.98. The zero-order valence-electron chi connectivity index (χ0n) is 13.3. The van der Waals surface area contributed by atoms with Crippen molar-refractivity contribution in [1.29, 1.82) is 0 Å². The molecule has 2 aromatic rings. The third-order valence-corrected chi connectivity index (χ3v) is 5.32. The predicted molar refractivity (Wildman–Crippen MR) is 94.1 cm³/mol. The molecule has 132 valence electrons. The van der Waals surface area contributed by atoms with Crippen molar-refractivity contribution >= 4 is 27.5 Å². The van der Waals surface area contributed by atoms with Gasteiger partial charge in [-0.25, -0.2) is 13.2 Å². The molecule has 25 heavy (non-hydrogen) atoms. The molecular formula is C17H16ClNO5S. The van der Waals surface area contributed by atoms with Crippen LogP contribution in [0.15, 0.2) is 41.3 Å². The average molecular weight is 382 g/mol. The van der Waals surface area contributed by atoms with Crippen LogP contribution in [-0.2, 0) is 16.3 Å². The molecule has 0 bridgehead atoms. The fourth-order valence-corrected chi connectivity index (χ4v) is 3.73. The number of fused-ring (bicyclic) bond motifs is 1. The van der Waals surface area contributed by atoms with E-state index in [0.29, 0.717) is 17.2 Å². The molecule has 3 rings (SSSR count). The van der Waals surface area contributed by atoms with Crippen LogP contribution in [0, 0.1) is 0 Å². The molecule has 0 radical (unpaired) electrons. The molecule has 1 amide bonds. The van der Waals surface area contributed by atoms with Crippen LogP contribution in [0.5, 0.6) is 5.75 Å². The molecule has 1 atom stereocenters. The maximum Gasteiger partial charge on any atom is 0.404 e. The Kier molecular flexibility index (Phi) is 4.62. The number of rotatable bonds is 4. The van der Waals surface area contributed by atoms with E-state index in [1.165, 1.54) is 0 Å². The van der Waals surface area contributed by atoms with Gasteiger partial charge in [0.25, 0.3) is 0 Å². The van der Waals surface area contributed by atoms with Crippen molar-refractivity contribution in [2.24, 2.45) is 0 Å². The van der Waals surface area contributed by atoms with Gasteiger partial charge >= 0.3 is 6.09 Å². The van der Waals surface area contributed by atoms with E-state index in [0.717, 1.165) is 22.9 Å². The van der Waals surface area contributed by atoms with Crippen LogP contribution in [0.4, 0.5) is 4.79 Å². The van der Waals surface area contributed by atoms with Crippen molar-refractivity contribution in [2.45, 2.75) is 17.4 Å². The van der Waals surface area contributed by atoms with Crippen LogP contribution in [0.2, 0.25) is 5.02 Å². The standard InChI is InChI=1S/C17H16ClNO5S/c1-25(22,23)14-4-2-3-10(7-14)11-5-12-6-13(9-19-17(20)21)24-16(12)15(18)8-11/h2-5,7-8,13,19H,6,9H2,1H3,(H,20,21). The number of sulfone groups is 1. The van der Waals surface area contributed by atoms with Gasteiger partial charge in [-0.15, -0.1) is 0 Å². The molecule has 0 saturated heterocycles. The van der Waals surface area contributed by atoms with E-state index < -0.39 is 15.9 Å². The fourth-order valence-electron chi connectivity index (χ4n) is 2.78. The molecule has 2 aromatic carbocycles. The van der Waals surface area contributed by atoms with Gasteiger partial charge in [0.2, 0.25) is 0 Å². The van der Waals surface area contributed by atoms with Gasteiger partial charge in [-0.3, -0.25) is 0 Å². The summed E-state index contributed by atoms with van der Waals surface area (Å²) < 4.78 is 29.2. The van der Waals surface area contributed by atoms with Gasteiger partial charge in [-0.05, 0) is 35.4 Å². The summed E-state index contributed by atoms with van der Waals surface area (Å²) in [5, 5.41) is 11.4. The lowest BCUT2D eigenvalue weighted by Crippen LogP contribution is -2.33. The van der Waals surface area contributed by atoms with Crippen molar-refractivity contribution in [1.82, 2.24) is 5.32 Å². The van der Waals surface area contributed by atoms with Crippen LogP contribution in [-0.4, -0.2) is 38.5 Å². The van der Waals surface area contributed by atoms with Crippen molar-refractivity contribution < 1.29 is 23.1 Å². The number of halogens is 1. The van der Waals surface area contributed by atoms with Crippen LogP contribution >= 0.6 is 11.6 Å². The van der Waals surface area contributed by atoms with E-state index in [-0.39, 0.29) is 17.5 Å². The Morgan fingerprint density at radius 3 is 2.76 bits per heavy atom. The smallest absolute Gasteiger partial charge is 0.404 e. The van der Waals surface area contributed by atoms with Gasteiger partial charge in [0.15, 0.2) is 9.84 Å². The summed E-state index contributed by atoms with van der Waals surface area (Å²) in [6.07, 6.45) is 0.259. The molecule has 0 spiro atoms. The normalized spacial score (nSPS) is 16.2. The highest BCUT2D eigenvalue weighted by atomic mass is 35.5. The topological polar surface area (TPSA) is 92.7 Å². The number of hydrogen-bond donors (Lipinski definition) is 2. The maximum absolute atomic E-state index is 11.7. The van der Waals surface area contributed by atoms with Crippen LogP contribution in [0.1, 0.15) is 5.56 Å². The van der Waals surface area contributed by atoms with Gasteiger partial charge in [-0.2, -0.15) is 0 Å². The number of amides is 1. The largest absolute Gasteiger partial charge is 0.486 e. The molecule has 2 N–H and O–H groups in total. The highest BCUT2D eigenvalue weighted by molar-refractivity contribution is 7.90. The SMILES string of the molecule is CS(=O)(=O)c1cccc(-c2cc(Cl)c3c(c2)CC(CNC(=O)O)O3)c1. The lowest BCUT2D eigenvalue weighted by atomic mass is 10.0. The van der Waals surface area contributed by atoms with Crippen molar-refractivity contribution in [3.05, 3.63) is 47.0 Å². The van der Waals surface area contributed by atoms with Crippen molar-refractivity contribution in [2.75, 3.05) is 12.8 Å². The number of ether oxygens (including phenoxy) is 1. The van der Waals surface area contributed by atoms with Gasteiger partial charge in [0.05, 0.1) is 16.5 Å². The molecule has 8 heteroatoms. The van der Waals surface area contributed by atoms with Crippen LogP contribution in [0.3, 0.4) is 0 Å². The van der Waals surface area contributed by atoms with Crippen LogP contribution < -0.4 is 10.1 Å². The minimum Gasteiger partial charge on any atom is -0.486 e. The molecule has 0 fully saturated rings. The van der Waals surface area contributed by atoms with Gasteiger partial charge in [0, 0.05) is 18.2 Å². The molecule has 0 aromatic heterocycles. The number of nitrogens with one attached hydrogen (secondary N) is 1. The Balaban J connectivity index is 1.91. The summed E-state index contributed by atoms with van der Waals surface area (Å²) in [5.41, 5.74) is 2.38. The average Bonchev–Trinajstić information content (AvgIpc) is 2.96. The third kappa shape index (κ3) is 3.88. The second-order valence-corrected chi connectivity index (χ2v) is 8.30. The Hall–Kier alpha value is -2.25. The van der Waals surface area contributed by atoms with E-state index in [4.69, 9.17) is 21.4 Å². The van der Waals surface area contributed by atoms with E-state index in [9.17, 15) is 13.2 Å². The number of carbonyl (C=O) groups is 1. The fraction of sp³-hybridized carbons (Fsp3) is 0.235. The molecular weight excluding hydrogens is 366 g/mol. The first-order valence-electron chi connectivity index (χ1n) is 7.50. The molecule has 1 heterocycles. The summed E-state index contributed by atoms with van der Waals surface area (Å²) >= 11 is 6.30. The minimum absolute atomic E-state index is 0.166. The van der Waals surface area contributed by atoms with E-state index in [1.807, 2.05) is 12.1 Å². The summed E-state index contributed by atoms with van der Waals surface area (Å²) in [6.45, 7) is 0.166. The Morgan fingerprint density at radius 2 is 2.08 bits per heavy atom. The Bertz CT molecular complexity index is 942. The summed E-state index contributed by atoms with van der Waals surface area (Å²) in [6, 6.07) is 10.3. The monoisotopic (exact) mass is 381 g/mol. The molecule has 0 aliphatic carbocycles. The summed E-state index contributed by atoms with van der Waals surface area (Å²) in [5.74, 6) is 0.543. The zero-order chi connectivity index (χ0) is 18.2. The number of carboxylic acid groups (broad SMARTS) is 1. The van der Waals surface area contributed by atoms with Gasteiger partial charge in [0.1, 0.15) is 11.9 Å². The van der Waals surface area contributed by atoms with Crippen molar-refractivity contribution in [3.63, 3.8) is 0 Å². The summed E-state index contributed by atoms with van der Waals surface area (Å²) in [4.78, 5) is 10.8. The zero-order valence-corrected chi connectivity index (χ0v) is 14.9. The highest BCUT2D eigenvalue weighted by Crippen LogP contribution is 2.39. The first kappa shape index (κ1) is 17.6. The molecule has 0 saturated carbocycles. The molecule has 6 nitrogen and oxygen atoms in total. The lowest BCUT2D eigenvalue weighted by molar-refractivity contribution is 0.181. The molecule has 1 unspecified atom stereocenters. The van der Waals surface area contributed by atoms with E-state index in [2.05, 4.69) is 5.32 Å². The van der Waals surface area contributed by atoms with E-state index >= 15 is 0 Å². The first-order valence-corrected chi connectivity index (χ1v) is 9.77. The van der Waals surface area contributed by atoms with Crippen LogP contribution in [0.25, 0.3) is 11.1 Å². The second kappa shape index (κ2) is 6.57. The second-order valence-electron chi connectivity index (χ2n) is 5.88. The Labute approximate surface area is 150 Å². The number of benzene rings is 2. The highest BCUT2D eigenvalue weighted by Gasteiger charge is 2.26. The third-order valence-electron chi connectivity index (χ3n) is 3.93. The minimum atomic E-state index is -3.30. The number of hydrogen-bond acceptors (Lipinski definition) is 4. The molecule has 1 aliphatic rings. The van der Waals surface area contributed by atoms with E-state index in [1.54, 1.807) is 24.3 Å². The molecule has 1 aliphatic heterocycles. The Morgan fingerprint density at radius 1 is 1.32 bits per heavy atom. The first-order chi connectivity index (χ1) is 11.7. The van der Waals surface area contributed by atoms with Gasteiger partial charge < -0.3 is 15.2 Å². The summed E-state index contributed by atoms with van der Waals surface area (Å²) in [7, 11) is -3.30.